The summed E-state index contributed by atoms with van der Waals surface area (Å²) in [4.78, 5) is 5.02. The molecular formula is C20H32N2O2. The van der Waals surface area contributed by atoms with Crippen LogP contribution < -0.4 is 4.74 Å². The average molecular weight is 332 g/mol. The first-order chi connectivity index (χ1) is 11.5. The van der Waals surface area contributed by atoms with Crippen molar-refractivity contribution in [2.24, 2.45) is 0 Å². The molecule has 3 rings (SSSR count). The molecule has 0 aromatic heterocycles. The van der Waals surface area contributed by atoms with Crippen LogP contribution in [0.4, 0.5) is 0 Å². The van der Waals surface area contributed by atoms with Gasteiger partial charge < -0.3 is 9.84 Å². The van der Waals surface area contributed by atoms with E-state index in [9.17, 15) is 5.11 Å². The van der Waals surface area contributed by atoms with Crippen LogP contribution in [0.5, 0.6) is 5.75 Å². The van der Waals surface area contributed by atoms with Crippen molar-refractivity contribution in [1.82, 2.24) is 9.80 Å². The molecule has 0 bridgehead atoms. The summed E-state index contributed by atoms with van der Waals surface area (Å²) >= 11 is 0. The van der Waals surface area contributed by atoms with Crippen LogP contribution in [0.3, 0.4) is 0 Å². The summed E-state index contributed by atoms with van der Waals surface area (Å²) in [5.74, 6) is 0.936. The molecule has 0 saturated carbocycles. The SMILES string of the molecule is Cc1ccc(C)c(OCC(O)CN2CCC(N3CCCC3)C2)c1C. The van der Waals surface area contributed by atoms with Gasteiger partial charge in [0, 0.05) is 19.1 Å². The van der Waals surface area contributed by atoms with Gasteiger partial charge in [0.05, 0.1) is 0 Å². The van der Waals surface area contributed by atoms with Gasteiger partial charge in [0.15, 0.2) is 0 Å². The van der Waals surface area contributed by atoms with Gasteiger partial charge in [-0.15, -0.1) is 0 Å². The molecule has 2 atom stereocenters. The number of aliphatic hydroxyl groups is 1. The van der Waals surface area contributed by atoms with Crippen LogP contribution in [0.2, 0.25) is 0 Å². The summed E-state index contributed by atoms with van der Waals surface area (Å²) in [6.07, 6.45) is 3.51. The van der Waals surface area contributed by atoms with Crippen molar-refractivity contribution in [1.29, 1.82) is 0 Å². The average Bonchev–Trinajstić information content (AvgIpc) is 3.22. The first-order valence-corrected chi connectivity index (χ1v) is 9.38. The Labute approximate surface area is 146 Å². The number of benzene rings is 1. The highest BCUT2D eigenvalue weighted by Gasteiger charge is 2.30. The van der Waals surface area contributed by atoms with E-state index in [1.54, 1.807) is 0 Å². The Kier molecular flexibility index (Phi) is 5.80. The van der Waals surface area contributed by atoms with Crippen molar-refractivity contribution < 1.29 is 9.84 Å². The Morgan fingerprint density at radius 2 is 1.83 bits per heavy atom. The third-order valence-electron chi connectivity index (χ3n) is 5.67. The minimum absolute atomic E-state index is 0.371. The second-order valence-electron chi connectivity index (χ2n) is 7.56. The van der Waals surface area contributed by atoms with E-state index in [1.165, 1.54) is 43.5 Å². The number of rotatable bonds is 6. The third-order valence-corrected chi connectivity index (χ3v) is 5.67. The summed E-state index contributed by atoms with van der Waals surface area (Å²) in [6, 6.07) is 4.91. The van der Waals surface area contributed by atoms with Crippen LogP contribution in [0, 0.1) is 20.8 Å². The van der Waals surface area contributed by atoms with Gasteiger partial charge in [0.2, 0.25) is 0 Å². The van der Waals surface area contributed by atoms with Crippen molar-refractivity contribution >= 4 is 0 Å². The number of nitrogens with zero attached hydrogens (tertiary/aromatic N) is 2. The van der Waals surface area contributed by atoms with E-state index in [1.807, 2.05) is 0 Å². The minimum Gasteiger partial charge on any atom is -0.490 e. The lowest BCUT2D eigenvalue weighted by atomic mass is 10.1. The Bertz CT molecular complexity index is 555. The number of aliphatic hydroxyl groups excluding tert-OH is 1. The fraction of sp³-hybridized carbons (Fsp3) is 0.700. The van der Waals surface area contributed by atoms with Crippen molar-refractivity contribution in [3.63, 3.8) is 0 Å². The molecule has 134 valence electrons. The van der Waals surface area contributed by atoms with Crippen molar-refractivity contribution in [2.45, 2.75) is 52.2 Å². The van der Waals surface area contributed by atoms with Gasteiger partial charge in [0.1, 0.15) is 18.5 Å². The molecular weight excluding hydrogens is 300 g/mol. The van der Waals surface area contributed by atoms with Gasteiger partial charge in [-0.25, -0.2) is 0 Å². The molecule has 4 nitrogen and oxygen atoms in total. The first kappa shape index (κ1) is 17.7. The van der Waals surface area contributed by atoms with Gasteiger partial charge in [0.25, 0.3) is 0 Å². The zero-order chi connectivity index (χ0) is 17.1. The number of likely N-dealkylation sites (tertiary alicyclic amines) is 2. The lowest BCUT2D eigenvalue weighted by molar-refractivity contribution is 0.0728. The molecule has 1 aromatic carbocycles. The summed E-state index contributed by atoms with van der Waals surface area (Å²) < 4.78 is 5.96. The van der Waals surface area contributed by atoms with E-state index >= 15 is 0 Å². The molecule has 2 aliphatic heterocycles. The number of hydrogen-bond acceptors (Lipinski definition) is 4. The molecule has 2 saturated heterocycles. The number of ether oxygens (including phenoxy) is 1. The molecule has 2 heterocycles. The maximum absolute atomic E-state index is 10.4. The molecule has 1 aromatic rings. The maximum Gasteiger partial charge on any atom is 0.125 e. The van der Waals surface area contributed by atoms with Crippen LogP contribution in [0.1, 0.15) is 36.0 Å². The standard InChI is InChI=1S/C20H32N2O2/c1-15-6-7-16(2)20(17(15)3)24-14-19(23)13-21-11-8-18(12-21)22-9-4-5-10-22/h6-7,18-19,23H,4-5,8-14H2,1-3H3. The van der Waals surface area contributed by atoms with Crippen molar-refractivity contribution in [3.05, 3.63) is 28.8 Å². The van der Waals surface area contributed by atoms with E-state index < -0.39 is 6.10 Å². The fourth-order valence-electron chi connectivity index (χ4n) is 4.06. The van der Waals surface area contributed by atoms with Crippen LogP contribution in [0.25, 0.3) is 0 Å². The van der Waals surface area contributed by atoms with E-state index in [-0.39, 0.29) is 0 Å². The van der Waals surface area contributed by atoms with Gasteiger partial charge in [-0.2, -0.15) is 0 Å². The molecule has 0 amide bonds. The normalized spacial score (nSPS) is 23.8. The summed E-state index contributed by atoms with van der Waals surface area (Å²) in [5, 5.41) is 10.4. The smallest absolute Gasteiger partial charge is 0.125 e. The van der Waals surface area contributed by atoms with E-state index in [4.69, 9.17) is 4.74 Å². The molecule has 2 fully saturated rings. The highest BCUT2D eigenvalue weighted by atomic mass is 16.5. The van der Waals surface area contributed by atoms with Crippen LogP contribution >= 0.6 is 0 Å². The molecule has 24 heavy (non-hydrogen) atoms. The number of aryl methyl sites for hydroxylation is 2. The highest BCUT2D eigenvalue weighted by Crippen LogP contribution is 2.26. The second kappa shape index (κ2) is 7.85. The second-order valence-corrected chi connectivity index (χ2v) is 7.56. The molecule has 1 N–H and O–H groups in total. The lowest BCUT2D eigenvalue weighted by Gasteiger charge is -2.25. The summed E-state index contributed by atoms with van der Waals surface area (Å²) in [5.41, 5.74) is 3.55. The first-order valence-electron chi connectivity index (χ1n) is 9.38. The third kappa shape index (κ3) is 4.11. The molecule has 4 heteroatoms. The van der Waals surface area contributed by atoms with Gasteiger partial charge >= 0.3 is 0 Å². The topological polar surface area (TPSA) is 35.9 Å². The molecule has 0 aliphatic carbocycles. The Hall–Kier alpha value is -1.10. The summed E-state index contributed by atoms with van der Waals surface area (Å²) in [6.45, 7) is 12.1. The predicted molar refractivity (Wildman–Crippen MR) is 97.8 cm³/mol. The lowest BCUT2D eigenvalue weighted by Crippen LogP contribution is -2.38. The van der Waals surface area contributed by atoms with Gasteiger partial charge in [-0.1, -0.05) is 12.1 Å². The van der Waals surface area contributed by atoms with Crippen molar-refractivity contribution in [2.75, 3.05) is 39.3 Å². The van der Waals surface area contributed by atoms with Gasteiger partial charge in [-0.3, -0.25) is 9.80 Å². The Balaban J connectivity index is 1.46. The zero-order valence-electron chi connectivity index (χ0n) is 15.4. The number of hydrogen-bond donors (Lipinski definition) is 1. The Morgan fingerprint density at radius 1 is 1.12 bits per heavy atom. The molecule has 2 unspecified atom stereocenters. The van der Waals surface area contributed by atoms with E-state index in [2.05, 4.69) is 42.7 Å². The minimum atomic E-state index is -0.429. The van der Waals surface area contributed by atoms with E-state index in [0.717, 1.165) is 24.4 Å². The van der Waals surface area contributed by atoms with Crippen LogP contribution in [0.15, 0.2) is 12.1 Å². The molecule has 0 spiro atoms. The maximum atomic E-state index is 10.4. The zero-order valence-corrected chi connectivity index (χ0v) is 15.4. The highest BCUT2D eigenvalue weighted by molar-refractivity contribution is 5.44. The van der Waals surface area contributed by atoms with Crippen LogP contribution in [-0.4, -0.2) is 66.4 Å². The molecule has 0 radical (unpaired) electrons. The van der Waals surface area contributed by atoms with Crippen molar-refractivity contribution in [3.8, 4) is 5.75 Å². The predicted octanol–water partition coefficient (Wildman–Crippen LogP) is 2.52. The fourth-order valence-corrected chi connectivity index (χ4v) is 4.06. The Morgan fingerprint density at radius 3 is 2.58 bits per heavy atom. The van der Waals surface area contributed by atoms with Crippen LogP contribution in [-0.2, 0) is 0 Å². The molecule has 2 aliphatic rings. The quantitative estimate of drug-likeness (QED) is 0.868. The monoisotopic (exact) mass is 332 g/mol. The largest absolute Gasteiger partial charge is 0.490 e. The number of β-amino-alcohol motifs (C(OH)–C–C–N with tert-alkyl or cyclic N) is 1. The summed E-state index contributed by atoms with van der Waals surface area (Å²) in [7, 11) is 0. The van der Waals surface area contributed by atoms with Gasteiger partial charge in [-0.05, 0) is 76.4 Å². The van der Waals surface area contributed by atoms with E-state index in [0.29, 0.717) is 19.2 Å².